The van der Waals surface area contributed by atoms with Gasteiger partial charge in [0.15, 0.2) is 0 Å². The lowest BCUT2D eigenvalue weighted by Crippen LogP contribution is -2.50. The maximum Gasteiger partial charge on any atom is 0.471 e. The third kappa shape index (κ3) is 5.23. The number of aromatic amines is 1. The molecule has 5 nitrogen and oxygen atoms in total. The summed E-state index contributed by atoms with van der Waals surface area (Å²) in [5.41, 5.74) is 2.05. The van der Waals surface area contributed by atoms with Crippen LogP contribution < -0.4 is 10.6 Å². The van der Waals surface area contributed by atoms with Crippen LogP contribution in [-0.4, -0.2) is 35.6 Å². The van der Waals surface area contributed by atoms with Gasteiger partial charge in [-0.3, -0.25) is 9.59 Å². The molecular weight excluding hydrogens is 335 g/mol. The van der Waals surface area contributed by atoms with Crippen molar-refractivity contribution in [1.29, 1.82) is 0 Å². The summed E-state index contributed by atoms with van der Waals surface area (Å²) in [6.07, 6.45) is -3.60. The van der Waals surface area contributed by atoms with Crippen LogP contribution >= 0.6 is 0 Å². The highest BCUT2D eigenvalue weighted by Crippen LogP contribution is 2.16. The van der Waals surface area contributed by atoms with Crippen LogP contribution in [0.3, 0.4) is 0 Å². The molecule has 0 spiro atoms. The van der Waals surface area contributed by atoms with Crippen LogP contribution in [-0.2, 0) is 16.0 Å². The molecule has 2 aromatic rings. The van der Waals surface area contributed by atoms with Crippen LogP contribution in [0.1, 0.15) is 25.5 Å². The minimum Gasteiger partial charge on any atom is -0.358 e. The highest BCUT2D eigenvalue weighted by Gasteiger charge is 2.40. The lowest BCUT2D eigenvalue weighted by Gasteiger charge is -2.17. The van der Waals surface area contributed by atoms with E-state index in [9.17, 15) is 22.8 Å². The third-order valence-corrected chi connectivity index (χ3v) is 3.80. The third-order valence-electron chi connectivity index (χ3n) is 3.80. The van der Waals surface area contributed by atoms with Crippen molar-refractivity contribution in [3.05, 3.63) is 36.0 Å². The van der Waals surface area contributed by atoms with Crippen molar-refractivity contribution in [2.24, 2.45) is 0 Å². The molecule has 0 bridgehead atoms. The summed E-state index contributed by atoms with van der Waals surface area (Å²) in [5, 5.41) is 5.36. The number of carbonyl (C=O) groups is 2. The van der Waals surface area contributed by atoms with Crippen LogP contribution in [0.4, 0.5) is 13.2 Å². The number of hydrogen-bond acceptors (Lipinski definition) is 2. The number of carbonyl (C=O) groups excluding carboxylic acids is 2. The van der Waals surface area contributed by atoms with Gasteiger partial charge in [-0.25, -0.2) is 0 Å². The van der Waals surface area contributed by atoms with E-state index in [-0.39, 0.29) is 6.42 Å². The van der Waals surface area contributed by atoms with Gasteiger partial charge in [-0.05, 0) is 36.8 Å². The Kier molecular flexibility index (Phi) is 6.06. The molecule has 0 aliphatic rings. The van der Waals surface area contributed by atoms with Gasteiger partial charge in [0.25, 0.3) is 0 Å². The molecular formula is C17H20F3N3O2. The van der Waals surface area contributed by atoms with Crippen LogP contribution in [0.5, 0.6) is 0 Å². The number of aromatic nitrogens is 1. The van der Waals surface area contributed by atoms with Crippen molar-refractivity contribution in [2.45, 2.75) is 38.4 Å². The number of halogens is 3. The Hall–Kier alpha value is -2.51. The van der Waals surface area contributed by atoms with Gasteiger partial charge in [0.05, 0.1) is 0 Å². The van der Waals surface area contributed by atoms with E-state index in [1.54, 1.807) is 5.32 Å². The first-order valence-electron chi connectivity index (χ1n) is 8.03. The summed E-state index contributed by atoms with van der Waals surface area (Å²) in [5.74, 6) is -2.72. The van der Waals surface area contributed by atoms with E-state index < -0.39 is 24.0 Å². The van der Waals surface area contributed by atoms with Crippen molar-refractivity contribution < 1.29 is 22.8 Å². The van der Waals surface area contributed by atoms with Gasteiger partial charge in [-0.15, -0.1) is 0 Å². The molecule has 8 heteroatoms. The van der Waals surface area contributed by atoms with Crippen LogP contribution in [0.2, 0.25) is 0 Å². The van der Waals surface area contributed by atoms with Gasteiger partial charge in [0, 0.05) is 17.8 Å². The van der Waals surface area contributed by atoms with Gasteiger partial charge >= 0.3 is 12.1 Å². The Morgan fingerprint density at radius 1 is 1.24 bits per heavy atom. The monoisotopic (exact) mass is 355 g/mol. The van der Waals surface area contributed by atoms with Crippen molar-refractivity contribution in [2.75, 3.05) is 6.54 Å². The Bertz CT molecular complexity index is 707. The second kappa shape index (κ2) is 8.04. The number of para-hydroxylation sites is 1. The molecule has 2 amide bonds. The summed E-state index contributed by atoms with van der Waals surface area (Å²) in [6, 6.07) is 8.67. The van der Waals surface area contributed by atoms with E-state index in [4.69, 9.17) is 0 Å². The number of benzene rings is 1. The van der Waals surface area contributed by atoms with Crippen molar-refractivity contribution >= 4 is 22.7 Å². The normalized spacial score (nSPS) is 12.8. The van der Waals surface area contributed by atoms with Gasteiger partial charge in [-0.2, -0.15) is 13.2 Å². The molecule has 1 aromatic carbocycles. The van der Waals surface area contributed by atoms with E-state index >= 15 is 0 Å². The second-order valence-corrected chi connectivity index (χ2v) is 5.71. The number of H-pyrrole nitrogens is 1. The molecule has 3 N–H and O–H groups in total. The molecule has 0 saturated carbocycles. The molecule has 0 aliphatic carbocycles. The van der Waals surface area contributed by atoms with Crippen LogP contribution in [0.15, 0.2) is 30.3 Å². The van der Waals surface area contributed by atoms with Crippen molar-refractivity contribution in [1.82, 2.24) is 15.6 Å². The molecule has 1 aromatic heterocycles. The molecule has 0 unspecified atom stereocenters. The summed E-state index contributed by atoms with van der Waals surface area (Å²) in [6.45, 7) is 1.85. The van der Waals surface area contributed by atoms with E-state index in [2.05, 4.69) is 10.3 Å². The first kappa shape index (κ1) is 18.8. The number of aryl methyl sites for hydroxylation is 1. The largest absolute Gasteiger partial charge is 0.471 e. The standard InChI is InChI=1S/C17H20F3N3O2/c1-2-13(23-16(25)17(18,19)20)15(24)21-9-5-7-12-10-11-6-3-4-8-14(11)22-12/h3-4,6,8,10,13,22H,2,5,7,9H2,1H3,(H,21,24)(H,23,25)/t13-/m0/s1. The predicted octanol–water partition coefficient (Wildman–Crippen LogP) is 2.67. The predicted molar refractivity (Wildman–Crippen MR) is 87.9 cm³/mol. The Morgan fingerprint density at radius 2 is 1.96 bits per heavy atom. The quantitative estimate of drug-likeness (QED) is 0.668. The van der Waals surface area contributed by atoms with E-state index in [1.165, 1.54) is 6.92 Å². The minimum atomic E-state index is -5.00. The number of rotatable bonds is 7. The first-order valence-corrected chi connectivity index (χ1v) is 8.03. The lowest BCUT2D eigenvalue weighted by atomic mass is 10.2. The van der Waals surface area contributed by atoms with E-state index in [0.717, 1.165) is 16.6 Å². The van der Waals surface area contributed by atoms with Gasteiger partial charge in [0.1, 0.15) is 6.04 Å². The highest BCUT2D eigenvalue weighted by molar-refractivity contribution is 5.89. The Labute approximate surface area is 143 Å². The summed E-state index contributed by atoms with van der Waals surface area (Å²) in [4.78, 5) is 26.1. The van der Waals surface area contributed by atoms with Crippen molar-refractivity contribution in [3.63, 3.8) is 0 Å². The lowest BCUT2D eigenvalue weighted by molar-refractivity contribution is -0.174. The number of nitrogens with one attached hydrogen (secondary N) is 3. The summed E-state index contributed by atoms with van der Waals surface area (Å²) in [7, 11) is 0. The van der Waals surface area contributed by atoms with Gasteiger partial charge in [0.2, 0.25) is 5.91 Å². The maximum absolute atomic E-state index is 12.2. The number of alkyl halides is 3. The van der Waals surface area contributed by atoms with Gasteiger partial charge in [-0.1, -0.05) is 25.1 Å². The van der Waals surface area contributed by atoms with E-state index in [0.29, 0.717) is 19.4 Å². The van der Waals surface area contributed by atoms with Crippen molar-refractivity contribution in [3.8, 4) is 0 Å². The average molecular weight is 355 g/mol. The fourth-order valence-electron chi connectivity index (χ4n) is 2.47. The van der Waals surface area contributed by atoms with Gasteiger partial charge < -0.3 is 15.6 Å². The fourth-order valence-corrected chi connectivity index (χ4v) is 2.47. The molecule has 0 radical (unpaired) electrons. The molecule has 25 heavy (non-hydrogen) atoms. The molecule has 2 rings (SSSR count). The zero-order valence-electron chi connectivity index (χ0n) is 13.7. The zero-order valence-corrected chi connectivity index (χ0v) is 13.7. The molecule has 136 valence electrons. The Balaban J connectivity index is 1.77. The topological polar surface area (TPSA) is 74.0 Å². The maximum atomic E-state index is 12.2. The van der Waals surface area contributed by atoms with E-state index in [1.807, 2.05) is 30.3 Å². The number of fused-ring (bicyclic) bond motifs is 1. The second-order valence-electron chi connectivity index (χ2n) is 5.71. The van der Waals surface area contributed by atoms with Crippen LogP contribution in [0, 0.1) is 0 Å². The summed E-state index contributed by atoms with van der Waals surface area (Å²) >= 11 is 0. The minimum absolute atomic E-state index is 0.0790. The first-order chi connectivity index (χ1) is 11.8. The Morgan fingerprint density at radius 3 is 2.60 bits per heavy atom. The summed E-state index contributed by atoms with van der Waals surface area (Å²) < 4.78 is 36.7. The van der Waals surface area contributed by atoms with Crippen LogP contribution in [0.25, 0.3) is 10.9 Å². The molecule has 0 fully saturated rings. The fraction of sp³-hybridized carbons (Fsp3) is 0.412. The molecule has 0 saturated heterocycles. The molecule has 1 atom stereocenters. The average Bonchev–Trinajstić information content (AvgIpc) is 2.98. The number of hydrogen-bond donors (Lipinski definition) is 3. The smallest absolute Gasteiger partial charge is 0.358 e. The number of amides is 2. The zero-order chi connectivity index (χ0) is 18.4. The molecule has 0 aliphatic heterocycles. The molecule has 1 heterocycles. The SMILES string of the molecule is CC[C@H](NC(=O)C(F)(F)F)C(=O)NCCCc1cc2ccccc2[nH]1. The highest BCUT2D eigenvalue weighted by atomic mass is 19.4.